The van der Waals surface area contributed by atoms with Crippen LogP contribution in [-0.2, 0) is 6.54 Å². The van der Waals surface area contributed by atoms with Crippen LogP contribution in [0, 0.1) is 29.8 Å². The molecule has 110 valence electrons. The van der Waals surface area contributed by atoms with E-state index in [0.29, 0.717) is 17.7 Å². The summed E-state index contributed by atoms with van der Waals surface area (Å²) in [5.74, 6) is -0.00594. The standard InChI is InChI=1S/C15H16FN3O2/c1-10-4-5-12(8-13(10)16)9-18(3)15-14(19(20)21)11(2)6-7-17-15/h4-8H,9H2,1-3H3. The lowest BCUT2D eigenvalue weighted by Gasteiger charge is -2.18. The summed E-state index contributed by atoms with van der Waals surface area (Å²) < 4.78 is 13.6. The molecule has 21 heavy (non-hydrogen) atoms. The topological polar surface area (TPSA) is 59.3 Å². The van der Waals surface area contributed by atoms with Gasteiger partial charge in [0, 0.05) is 25.4 Å². The minimum Gasteiger partial charge on any atom is -0.350 e. The Morgan fingerprint density at radius 1 is 1.29 bits per heavy atom. The zero-order chi connectivity index (χ0) is 15.6. The molecule has 1 heterocycles. The highest BCUT2D eigenvalue weighted by Gasteiger charge is 2.21. The van der Waals surface area contributed by atoms with Crippen LogP contribution in [0.1, 0.15) is 16.7 Å². The fourth-order valence-corrected chi connectivity index (χ4v) is 2.12. The van der Waals surface area contributed by atoms with Crippen LogP contribution in [0.2, 0.25) is 0 Å². The molecule has 1 aromatic heterocycles. The van der Waals surface area contributed by atoms with E-state index in [1.807, 2.05) is 0 Å². The minimum atomic E-state index is -0.441. The Labute approximate surface area is 122 Å². The van der Waals surface area contributed by atoms with E-state index in [-0.39, 0.29) is 17.3 Å². The van der Waals surface area contributed by atoms with E-state index >= 15 is 0 Å². The van der Waals surface area contributed by atoms with Crippen molar-refractivity contribution in [1.29, 1.82) is 0 Å². The molecule has 5 nitrogen and oxygen atoms in total. The summed E-state index contributed by atoms with van der Waals surface area (Å²) >= 11 is 0. The van der Waals surface area contributed by atoms with Crippen LogP contribution in [0.15, 0.2) is 30.5 Å². The third kappa shape index (κ3) is 3.16. The van der Waals surface area contributed by atoms with Crippen molar-refractivity contribution in [1.82, 2.24) is 4.98 Å². The second kappa shape index (κ2) is 5.87. The van der Waals surface area contributed by atoms with Gasteiger partial charge in [-0.15, -0.1) is 0 Å². The molecule has 0 aliphatic heterocycles. The van der Waals surface area contributed by atoms with Gasteiger partial charge in [-0.05, 0) is 37.1 Å². The highest BCUT2D eigenvalue weighted by Crippen LogP contribution is 2.29. The van der Waals surface area contributed by atoms with E-state index in [0.717, 1.165) is 5.56 Å². The van der Waals surface area contributed by atoms with E-state index in [9.17, 15) is 14.5 Å². The van der Waals surface area contributed by atoms with Gasteiger partial charge in [-0.2, -0.15) is 0 Å². The minimum absolute atomic E-state index is 0.0208. The van der Waals surface area contributed by atoms with Gasteiger partial charge in [0.15, 0.2) is 0 Å². The quantitative estimate of drug-likeness (QED) is 0.639. The first-order valence-corrected chi connectivity index (χ1v) is 6.46. The molecule has 0 bridgehead atoms. The maximum absolute atomic E-state index is 13.6. The molecule has 0 aliphatic carbocycles. The van der Waals surface area contributed by atoms with Crippen molar-refractivity contribution < 1.29 is 9.31 Å². The second-order valence-corrected chi connectivity index (χ2v) is 5.00. The van der Waals surface area contributed by atoms with Crippen LogP contribution in [-0.4, -0.2) is 17.0 Å². The number of benzene rings is 1. The van der Waals surface area contributed by atoms with Crippen LogP contribution in [0.25, 0.3) is 0 Å². The van der Waals surface area contributed by atoms with Gasteiger partial charge < -0.3 is 4.90 Å². The van der Waals surface area contributed by atoms with E-state index in [1.54, 1.807) is 44.0 Å². The first-order chi connectivity index (χ1) is 9.90. The SMILES string of the molecule is Cc1ccc(CN(C)c2nccc(C)c2[N+](=O)[O-])cc1F. The molecule has 0 N–H and O–H groups in total. The number of anilines is 1. The van der Waals surface area contributed by atoms with Gasteiger partial charge in [-0.3, -0.25) is 10.1 Å². The fourth-order valence-electron chi connectivity index (χ4n) is 2.12. The normalized spacial score (nSPS) is 10.5. The van der Waals surface area contributed by atoms with Gasteiger partial charge in [0.05, 0.1) is 4.92 Å². The maximum atomic E-state index is 13.6. The third-order valence-corrected chi connectivity index (χ3v) is 3.31. The first-order valence-electron chi connectivity index (χ1n) is 6.46. The lowest BCUT2D eigenvalue weighted by atomic mass is 10.1. The van der Waals surface area contributed by atoms with E-state index in [4.69, 9.17) is 0 Å². The molecule has 0 saturated carbocycles. The van der Waals surface area contributed by atoms with Gasteiger partial charge in [-0.1, -0.05) is 12.1 Å². The summed E-state index contributed by atoms with van der Waals surface area (Å²) in [6.45, 7) is 3.70. The molecule has 0 atom stereocenters. The van der Waals surface area contributed by atoms with Crippen molar-refractivity contribution in [2.75, 3.05) is 11.9 Å². The van der Waals surface area contributed by atoms with Crippen molar-refractivity contribution in [2.24, 2.45) is 0 Å². The van der Waals surface area contributed by atoms with E-state index in [2.05, 4.69) is 4.98 Å². The van der Waals surface area contributed by atoms with Crippen LogP contribution in [0.5, 0.6) is 0 Å². The Morgan fingerprint density at radius 2 is 2.00 bits per heavy atom. The Balaban J connectivity index is 2.32. The number of aromatic nitrogens is 1. The predicted molar refractivity (Wildman–Crippen MR) is 78.9 cm³/mol. The Bertz CT molecular complexity index is 689. The van der Waals surface area contributed by atoms with Gasteiger partial charge in [-0.25, -0.2) is 9.37 Å². The summed E-state index contributed by atoms with van der Waals surface area (Å²) in [5, 5.41) is 11.2. The van der Waals surface area contributed by atoms with Crippen LogP contribution < -0.4 is 4.90 Å². The van der Waals surface area contributed by atoms with Crippen LogP contribution >= 0.6 is 0 Å². The predicted octanol–water partition coefficient (Wildman–Crippen LogP) is 3.38. The average Bonchev–Trinajstić information content (AvgIpc) is 2.42. The van der Waals surface area contributed by atoms with Crippen molar-refractivity contribution >= 4 is 11.5 Å². The molecule has 2 rings (SSSR count). The van der Waals surface area contributed by atoms with Crippen molar-refractivity contribution in [3.05, 3.63) is 63.1 Å². The number of halogens is 1. The molecule has 0 saturated heterocycles. The highest BCUT2D eigenvalue weighted by atomic mass is 19.1. The Hall–Kier alpha value is -2.50. The average molecular weight is 289 g/mol. The first kappa shape index (κ1) is 14.9. The summed E-state index contributed by atoms with van der Waals surface area (Å²) in [6.07, 6.45) is 1.53. The molecule has 0 radical (unpaired) electrons. The zero-order valence-corrected chi connectivity index (χ0v) is 12.1. The lowest BCUT2D eigenvalue weighted by Crippen LogP contribution is -2.19. The highest BCUT2D eigenvalue weighted by molar-refractivity contribution is 5.61. The van der Waals surface area contributed by atoms with E-state index in [1.165, 1.54) is 12.3 Å². The molecule has 2 aromatic rings. The number of pyridine rings is 1. The number of nitrogens with zero attached hydrogens (tertiary/aromatic N) is 3. The zero-order valence-electron chi connectivity index (χ0n) is 12.1. The van der Waals surface area contributed by atoms with Gasteiger partial charge >= 0.3 is 5.69 Å². The smallest absolute Gasteiger partial charge is 0.314 e. The number of rotatable bonds is 4. The largest absolute Gasteiger partial charge is 0.350 e. The van der Waals surface area contributed by atoms with Gasteiger partial charge in [0.25, 0.3) is 0 Å². The second-order valence-electron chi connectivity index (χ2n) is 5.00. The molecule has 1 aromatic carbocycles. The van der Waals surface area contributed by atoms with Crippen LogP contribution in [0.3, 0.4) is 0 Å². The van der Waals surface area contributed by atoms with Crippen molar-refractivity contribution in [3.8, 4) is 0 Å². The molecular weight excluding hydrogens is 273 g/mol. The molecule has 0 aliphatic rings. The van der Waals surface area contributed by atoms with E-state index < -0.39 is 4.92 Å². The van der Waals surface area contributed by atoms with Crippen molar-refractivity contribution in [2.45, 2.75) is 20.4 Å². The van der Waals surface area contributed by atoms with Gasteiger partial charge in [0.2, 0.25) is 5.82 Å². The summed E-state index contributed by atoms with van der Waals surface area (Å²) in [6, 6.07) is 6.53. The summed E-state index contributed by atoms with van der Waals surface area (Å²) in [7, 11) is 1.70. The fraction of sp³-hybridized carbons (Fsp3) is 0.267. The summed E-state index contributed by atoms with van der Waals surface area (Å²) in [5.41, 5.74) is 1.83. The number of nitro groups is 1. The maximum Gasteiger partial charge on any atom is 0.314 e. The Morgan fingerprint density at radius 3 is 2.62 bits per heavy atom. The Kier molecular flexibility index (Phi) is 4.16. The molecular formula is C15H16FN3O2. The monoisotopic (exact) mass is 289 g/mol. The number of aryl methyl sites for hydroxylation is 2. The van der Waals surface area contributed by atoms with Crippen LogP contribution in [0.4, 0.5) is 15.9 Å². The molecule has 0 amide bonds. The number of hydrogen-bond acceptors (Lipinski definition) is 4. The van der Waals surface area contributed by atoms with Crippen molar-refractivity contribution in [3.63, 3.8) is 0 Å². The molecule has 0 unspecified atom stereocenters. The summed E-state index contributed by atoms with van der Waals surface area (Å²) in [4.78, 5) is 16.5. The lowest BCUT2D eigenvalue weighted by molar-refractivity contribution is -0.384. The molecule has 0 spiro atoms. The third-order valence-electron chi connectivity index (χ3n) is 3.31. The van der Waals surface area contributed by atoms with Gasteiger partial charge in [0.1, 0.15) is 5.82 Å². The number of hydrogen-bond donors (Lipinski definition) is 0. The molecule has 6 heteroatoms. The molecule has 0 fully saturated rings.